The highest BCUT2D eigenvalue weighted by Gasteiger charge is 2.19. The molecule has 0 unspecified atom stereocenters. The summed E-state index contributed by atoms with van der Waals surface area (Å²) in [6.45, 7) is 4.97. The molecule has 0 bridgehead atoms. The van der Waals surface area contributed by atoms with Gasteiger partial charge in [-0.2, -0.15) is 0 Å². The van der Waals surface area contributed by atoms with Crippen molar-refractivity contribution in [1.29, 1.82) is 0 Å². The van der Waals surface area contributed by atoms with Crippen molar-refractivity contribution in [2.75, 3.05) is 25.1 Å². The van der Waals surface area contributed by atoms with Crippen LogP contribution in [0.25, 0.3) is 0 Å². The fraction of sp³-hybridized carbons (Fsp3) is 0.444. The van der Waals surface area contributed by atoms with Crippen molar-refractivity contribution in [2.24, 2.45) is 0 Å². The Labute approximate surface area is 132 Å². The van der Waals surface area contributed by atoms with Crippen LogP contribution in [0, 0.1) is 6.92 Å². The number of benzene rings is 1. The number of ether oxygens (including phenoxy) is 1. The quantitative estimate of drug-likeness (QED) is 0.919. The van der Waals surface area contributed by atoms with Gasteiger partial charge in [0, 0.05) is 24.8 Å². The van der Waals surface area contributed by atoms with Crippen molar-refractivity contribution in [3.05, 3.63) is 47.9 Å². The second kappa shape index (κ2) is 6.88. The van der Waals surface area contributed by atoms with Gasteiger partial charge >= 0.3 is 0 Å². The van der Waals surface area contributed by atoms with Gasteiger partial charge in [-0.25, -0.2) is 0 Å². The molecule has 4 nitrogen and oxygen atoms in total. The SMILES string of the molecule is COc1ccc(N2CCC(NCc3ccc(C)o3)CC2)cc1. The fourth-order valence-corrected chi connectivity index (χ4v) is 2.96. The Balaban J connectivity index is 1.47. The van der Waals surface area contributed by atoms with Crippen molar-refractivity contribution < 1.29 is 9.15 Å². The summed E-state index contributed by atoms with van der Waals surface area (Å²) in [4.78, 5) is 2.44. The minimum absolute atomic E-state index is 0.569. The molecule has 0 spiro atoms. The standard InChI is InChI=1S/C18H24N2O2/c1-14-3-6-18(22-14)13-19-15-9-11-20(12-10-15)16-4-7-17(21-2)8-5-16/h3-8,15,19H,9-13H2,1-2H3. The van der Waals surface area contributed by atoms with E-state index in [0.29, 0.717) is 6.04 Å². The van der Waals surface area contributed by atoms with E-state index in [1.165, 1.54) is 5.69 Å². The smallest absolute Gasteiger partial charge is 0.119 e. The van der Waals surface area contributed by atoms with Crippen molar-refractivity contribution in [3.63, 3.8) is 0 Å². The molecule has 0 aliphatic carbocycles. The summed E-state index contributed by atoms with van der Waals surface area (Å²) < 4.78 is 10.8. The number of piperidine rings is 1. The Kier molecular flexibility index (Phi) is 4.68. The van der Waals surface area contributed by atoms with Gasteiger partial charge in [-0.1, -0.05) is 0 Å². The minimum atomic E-state index is 0.569. The highest BCUT2D eigenvalue weighted by molar-refractivity contribution is 5.49. The molecule has 2 aromatic rings. The monoisotopic (exact) mass is 300 g/mol. The fourth-order valence-electron chi connectivity index (χ4n) is 2.96. The van der Waals surface area contributed by atoms with Gasteiger partial charge in [0.15, 0.2) is 0 Å². The summed E-state index contributed by atoms with van der Waals surface area (Å²) >= 11 is 0. The van der Waals surface area contributed by atoms with Crippen LogP contribution in [0.5, 0.6) is 5.75 Å². The van der Waals surface area contributed by atoms with E-state index in [1.807, 2.05) is 25.1 Å². The minimum Gasteiger partial charge on any atom is -0.497 e. The van der Waals surface area contributed by atoms with E-state index in [2.05, 4.69) is 28.4 Å². The van der Waals surface area contributed by atoms with Crippen LogP contribution in [-0.4, -0.2) is 26.2 Å². The van der Waals surface area contributed by atoms with E-state index in [1.54, 1.807) is 7.11 Å². The summed E-state index contributed by atoms with van der Waals surface area (Å²) in [7, 11) is 1.70. The lowest BCUT2D eigenvalue weighted by Crippen LogP contribution is -2.42. The van der Waals surface area contributed by atoms with Crippen molar-refractivity contribution in [2.45, 2.75) is 32.4 Å². The van der Waals surface area contributed by atoms with Crippen LogP contribution in [0.2, 0.25) is 0 Å². The van der Waals surface area contributed by atoms with Crippen LogP contribution >= 0.6 is 0 Å². The molecule has 1 aliphatic rings. The van der Waals surface area contributed by atoms with Crippen LogP contribution in [0.3, 0.4) is 0 Å². The molecule has 0 radical (unpaired) electrons. The highest BCUT2D eigenvalue weighted by atomic mass is 16.5. The number of nitrogens with one attached hydrogen (secondary N) is 1. The van der Waals surface area contributed by atoms with Crippen molar-refractivity contribution in [1.82, 2.24) is 5.32 Å². The molecule has 2 heterocycles. The largest absolute Gasteiger partial charge is 0.497 e. The Hall–Kier alpha value is -1.94. The second-order valence-corrected chi connectivity index (χ2v) is 5.85. The maximum atomic E-state index is 5.60. The first-order chi connectivity index (χ1) is 10.7. The lowest BCUT2D eigenvalue weighted by Gasteiger charge is -2.34. The second-order valence-electron chi connectivity index (χ2n) is 5.85. The predicted molar refractivity (Wildman–Crippen MR) is 88.5 cm³/mol. The van der Waals surface area contributed by atoms with Gasteiger partial charge in [0.05, 0.1) is 13.7 Å². The molecule has 3 rings (SSSR count). The molecule has 1 aliphatic heterocycles. The van der Waals surface area contributed by atoms with E-state index < -0.39 is 0 Å². The predicted octanol–water partition coefficient (Wildman–Crippen LogP) is 3.36. The van der Waals surface area contributed by atoms with Gasteiger partial charge in [-0.3, -0.25) is 0 Å². The Morgan fingerprint density at radius 2 is 1.86 bits per heavy atom. The zero-order valence-electron chi connectivity index (χ0n) is 13.3. The zero-order chi connectivity index (χ0) is 15.4. The average Bonchev–Trinajstić information content (AvgIpc) is 2.99. The third kappa shape index (κ3) is 3.63. The molecule has 0 atom stereocenters. The molecule has 1 aromatic carbocycles. The first kappa shape index (κ1) is 15.0. The lowest BCUT2D eigenvalue weighted by molar-refractivity contribution is 0.384. The topological polar surface area (TPSA) is 37.6 Å². The van der Waals surface area contributed by atoms with Crippen LogP contribution in [0.4, 0.5) is 5.69 Å². The van der Waals surface area contributed by atoms with E-state index in [4.69, 9.17) is 9.15 Å². The molecule has 1 fully saturated rings. The molecule has 4 heteroatoms. The number of hydrogen-bond acceptors (Lipinski definition) is 4. The first-order valence-electron chi connectivity index (χ1n) is 7.92. The molecule has 1 aromatic heterocycles. The van der Waals surface area contributed by atoms with Gasteiger partial charge in [0.2, 0.25) is 0 Å². The van der Waals surface area contributed by atoms with Crippen molar-refractivity contribution in [3.8, 4) is 5.75 Å². The Bertz CT molecular complexity index is 583. The number of nitrogens with zero attached hydrogens (tertiary/aromatic N) is 1. The average molecular weight is 300 g/mol. The third-order valence-electron chi connectivity index (χ3n) is 4.29. The summed E-state index contributed by atoms with van der Waals surface area (Å²) in [5.74, 6) is 2.91. The number of rotatable bonds is 5. The van der Waals surface area contributed by atoms with Crippen LogP contribution in [0.1, 0.15) is 24.4 Å². The van der Waals surface area contributed by atoms with Crippen LogP contribution in [0.15, 0.2) is 40.8 Å². The summed E-state index contributed by atoms with van der Waals surface area (Å²) in [5, 5.41) is 3.60. The molecule has 1 saturated heterocycles. The summed E-state index contributed by atoms with van der Waals surface area (Å²) in [6, 6.07) is 13.0. The number of aryl methyl sites for hydroxylation is 1. The lowest BCUT2D eigenvalue weighted by atomic mass is 10.0. The number of methoxy groups -OCH3 is 1. The van der Waals surface area contributed by atoms with Gasteiger partial charge in [0.25, 0.3) is 0 Å². The van der Waals surface area contributed by atoms with Gasteiger partial charge < -0.3 is 19.4 Å². The molecule has 22 heavy (non-hydrogen) atoms. The Morgan fingerprint density at radius 3 is 2.45 bits per heavy atom. The zero-order valence-corrected chi connectivity index (χ0v) is 13.3. The maximum Gasteiger partial charge on any atom is 0.119 e. The Morgan fingerprint density at radius 1 is 1.14 bits per heavy atom. The van der Waals surface area contributed by atoms with Gasteiger partial charge in [-0.15, -0.1) is 0 Å². The number of furan rings is 1. The van der Waals surface area contributed by atoms with Crippen molar-refractivity contribution >= 4 is 5.69 Å². The highest BCUT2D eigenvalue weighted by Crippen LogP contribution is 2.23. The van der Waals surface area contributed by atoms with Gasteiger partial charge in [-0.05, 0) is 56.2 Å². The third-order valence-corrected chi connectivity index (χ3v) is 4.29. The van der Waals surface area contributed by atoms with E-state index in [-0.39, 0.29) is 0 Å². The van der Waals surface area contributed by atoms with Crippen LogP contribution < -0.4 is 15.0 Å². The van der Waals surface area contributed by atoms with Crippen LogP contribution in [-0.2, 0) is 6.54 Å². The van der Waals surface area contributed by atoms with E-state index in [9.17, 15) is 0 Å². The summed E-state index contributed by atoms with van der Waals surface area (Å²) in [5.41, 5.74) is 1.28. The van der Waals surface area contributed by atoms with E-state index >= 15 is 0 Å². The number of hydrogen-bond donors (Lipinski definition) is 1. The molecular formula is C18H24N2O2. The molecule has 0 amide bonds. The number of anilines is 1. The van der Waals surface area contributed by atoms with E-state index in [0.717, 1.165) is 49.7 Å². The molecule has 1 N–H and O–H groups in total. The first-order valence-corrected chi connectivity index (χ1v) is 7.92. The summed E-state index contributed by atoms with van der Waals surface area (Å²) in [6.07, 6.45) is 2.32. The molecule has 0 saturated carbocycles. The molecule has 118 valence electrons. The normalized spacial score (nSPS) is 16.0. The molecular weight excluding hydrogens is 276 g/mol. The maximum absolute atomic E-state index is 5.60. The van der Waals surface area contributed by atoms with Gasteiger partial charge in [0.1, 0.15) is 17.3 Å².